The number of hydrogen-bond donors (Lipinski definition) is 1. The van der Waals surface area contributed by atoms with Gasteiger partial charge in [-0.3, -0.25) is 9.59 Å². The van der Waals surface area contributed by atoms with Crippen LogP contribution in [0.15, 0.2) is 59.7 Å². The molecule has 0 saturated carbocycles. The second kappa shape index (κ2) is 8.47. The number of benzene rings is 2. The van der Waals surface area contributed by atoms with Crippen molar-refractivity contribution in [2.75, 3.05) is 31.1 Å². The van der Waals surface area contributed by atoms with E-state index in [1.807, 2.05) is 42.2 Å². The van der Waals surface area contributed by atoms with Crippen LogP contribution in [0.2, 0.25) is 0 Å². The van der Waals surface area contributed by atoms with Crippen LogP contribution in [0.25, 0.3) is 0 Å². The Hall–Kier alpha value is -3.15. The van der Waals surface area contributed by atoms with Gasteiger partial charge in [0, 0.05) is 44.2 Å². The fourth-order valence-electron chi connectivity index (χ4n) is 3.94. The van der Waals surface area contributed by atoms with Crippen molar-refractivity contribution in [3.05, 3.63) is 65.7 Å². The van der Waals surface area contributed by atoms with E-state index in [0.717, 1.165) is 48.7 Å². The predicted octanol–water partition coefficient (Wildman–Crippen LogP) is 2.44. The summed E-state index contributed by atoms with van der Waals surface area (Å²) in [7, 11) is 0. The first-order valence-electron chi connectivity index (χ1n) is 10.1. The van der Waals surface area contributed by atoms with Crippen molar-refractivity contribution in [3.63, 3.8) is 0 Å². The molecule has 2 aromatic carbocycles. The standard InChI is InChI=1S/C23H26N4O2/c1-17-15-21(28)24-25-23(17)19-7-9-20(10-8-19)26-11-13-27(14-12-26)22(29)16-18-5-3-2-4-6-18/h2-10,17H,11-16H2,1H3,(H,24,28)/t17-/m1/s1. The average Bonchev–Trinajstić information content (AvgIpc) is 2.75. The lowest BCUT2D eigenvalue weighted by molar-refractivity contribution is -0.130. The maximum absolute atomic E-state index is 12.5. The van der Waals surface area contributed by atoms with Gasteiger partial charge in [0.05, 0.1) is 12.1 Å². The Kier molecular flexibility index (Phi) is 5.60. The summed E-state index contributed by atoms with van der Waals surface area (Å²) in [6.07, 6.45) is 0.936. The Morgan fingerprint density at radius 2 is 1.72 bits per heavy atom. The maximum atomic E-state index is 12.5. The number of anilines is 1. The lowest BCUT2D eigenvalue weighted by Crippen LogP contribution is -2.49. The molecule has 0 bridgehead atoms. The number of carbonyl (C=O) groups is 2. The lowest BCUT2D eigenvalue weighted by atomic mass is 9.94. The third kappa shape index (κ3) is 4.47. The van der Waals surface area contributed by atoms with Crippen LogP contribution in [-0.4, -0.2) is 48.6 Å². The summed E-state index contributed by atoms with van der Waals surface area (Å²) < 4.78 is 0. The topological polar surface area (TPSA) is 65.0 Å². The van der Waals surface area contributed by atoms with Gasteiger partial charge < -0.3 is 9.80 Å². The van der Waals surface area contributed by atoms with Crippen LogP contribution in [0.5, 0.6) is 0 Å². The third-order valence-electron chi connectivity index (χ3n) is 5.62. The Bertz CT molecular complexity index is 900. The number of hydrogen-bond acceptors (Lipinski definition) is 4. The van der Waals surface area contributed by atoms with Crippen molar-refractivity contribution in [1.29, 1.82) is 0 Å². The first-order chi connectivity index (χ1) is 14.1. The van der Waals surface area contributed by atoms with Crippen LogP contribution in [0, 0.1) is 5.92 Å². The molecule has 1 N–H and O–H groups in total. The summed E-state index contributed by atoms with van der Waals surface area (Å²) in [6, 6.07) is 18.2. The Morgan fingerprint density at radius 1 is 1.03 bits per heavy atom. The van der Waals surface area contributed by atoms with Crippen molar-refractivity contribution in [1.82, 2.24) is 10.3 Å². The van der Waals surface area contributed by atoms with E-state index < -0.39 is 0 Å². The first kappa shape index (κ1) is 19.2. The molecule has 1 atom stereocenters. The lowest BCUT2D eigenvalue weighted by Gasteiger charge is -2.36. The van der Waals surface area contributed by atoms with Gasteiger partial charge in [0.1, 0.15) is 0 Å². The molecular formula is C23H26N4O2. The van der Waals surface area contributed by atoms with Gasteiger partial charge in [-0.15, -0.1) is 0 Å². The van der Waals surface area contributed by atoms with Gasteiger partial charge >= 0.3 is 0 Å². The third-order valence-corrected chi connectivity index (χ3v) is 5.62. The summed E-state index contributed by atoms with van der Waals surface area (Å²) in [6.45, 7) is 5.16. The molecular weight excluding hydrogens is 364 g/mol. The molecule has 6 nitrogen and oxygen atoms in total. The highest BCUT2D eigenvalue weighted by atomic mass is 16.2. The van der Waals surface area contributed by atoms with Crippen LogP contribution in [0.3, 0.4) is 0 Å². The fourth-order valence-corrected chi connectivity index (χ4v) is 3.94. The number of carbonyl (C=O) groups excluding carboxylic acids is 2. The molecule has 2 aromatic rings. The minimum atomic E-state index is -0.0300. The van der Waals surface area contributed by atoms with Crippen molar-refractivity contribution in [2.45, 2.75) is 19.8 Å². The Balaban J connectivity index is 1.34. The quantitative estimate of drug-likeness (QED) is 0.872. The number of hydrazone groups is 1. The van der Waals surface area contributed by atoms with Crippen LogP contribution < -0.4 is 10.3 Å². The molecule has 1 saturated heterocycles. The number of rotatable bonds is 4. The number of nitrogens with one attached hydrogen (secondary N) is 1. The number of piperazine rings is 1. The van der Waals surface area contributed by atoms with Crippen LogP contribution in [0.1, 0.15) is 24.5 Å². The number of amides is 2. The second-order valence-electron chi connectivity index (χ2n) is 7.71. The highest BCUT2D eigenvalue weighted by Crippen LogP contribution is 2.21. The minimum Gasteiger partial charge on any atom is -0.368 e. The molecule has 0 unspecified atom stereocenters. The zero-order valence-electron chi connectivity index (χ0n) is 16.7. The monoisotopic (exact) mass is 390 g/mol. The highest BCUT2D eigenvalue weighted by Gasteiger charge is 2.23. The molecule has 0 spiro atoms. The normalized spacial score (nSPS) is 19.6. The van der Waals surface area contributed by atoms with Crippen LogP contribution >= 0.6 is 0 Å². The van der Waals surface area contributed by atoms with E-state index in [9.17, 15) is 9.59 Å². The van der Waals surface area contributed by atoms with E-state index in [1.54, 1.807) is 0 Å². The zero-order valence-corrected chi connectivity index (χ0v) is 16.7. The SMILES string of the molecule is C[C@@H]1CC(=O)NN=C1c1ccc(N2CCN(C(=O)Cc3ccccc3)CC2)cc1. The molecule has 1 fully saturated rings. The van der Waals surface area contributed by atoms with Crippen LogP contribution in [-0.2, 0) is 16.0 Å². The van der Waals surface area contributed by atoms with Gasteiger partial charge in [0.15, 0.2) is 0 Å². The van der Waals surface area contributed by atoms with E-state index in [4.69, 9.17) is 0 Å². The van der Waals surface area contributed by atoms with Gasteiger partial charge in [-0.05, 0) is 23.3 Å². The van der Waals surface area contributed by atoms with Gasteiger partial charge in [-0.1, -0.05) is 49.4 Å². The van der Waals surface area contributed by atoms with Crippen LogP contribution in [0.4, 0.5) is 5.69 Å². The Morgan fingerprint density at radius 3 is 2.38 bits per heavy atom. The van der Waals surface area contributed by atoms with E-state index in [0.29, 0.717) is 12.8 Å². The van der Waals surface area contributed by atoms with Gasteiger partial charge in [-0.25, -0.2) is 5.43 Å². The zero-order chi connectivity index (χ0) is 20.2. The Labute approximate surface area is 171 Å². The fraction of sp³-hybridized carbons (Fsp3) is 0.348. The van der Waals surface area contributed by atoms with Crippen molar-refractivity contribution in [2.24, 2.45) is 11.0 Å². The van der Waals surface area contributed by atoms with Gasteiger partial charge in [0.2, 0.25) is 11.8 Å². The van der Waals surface area contributed by atoms with Crippen molar-refractivity contribution >= 4 is 23.2 Å². The molecule has 2 heterocycles. The number of nitrogens with zero attached hydrogens (tertiary/aromatic N) is 3. The molecule has 2 aliphatic heterocycles. The molecule has 0 aliphatic carbocycles. The largest absolute Gasteiger partial charge is 0.368 e. The average molecular weight is 390 g/mol. The van der Waals surface area contributed by atoms with E-state index >= 15 is 0 Å². The highest BCUT2D eigenvalue weighted by molar-refractivity contribution is 6.05. The van der Waals surface area contributed by atoms with E-state index in [2.05, 4.69) is 39.7 Å². The second-order valence-corrected chi connectivity index (χ2v) is 7.71. The van der Waals surface area contributed by atoms with E-state index in [1.165, 1.54) is 0 Å². The molecule has 0 aromatic heterocycles. The smallest absolute Gasteiger partial charge is 0.240 e. The summed E-state index contributed by atoms with van der Waals surface area (Å²) in [5, 5.41) is 4.23. The van der Waals surface area contributed by atoms with Gasteiger partial charge in [-0.2, -0.15) is 5.10 Å². The predicted molar refractivity (Wildman–Crippen MR) is 114 cm³/mol. The molecule has 2 aliphatic rings. The minimum absolute atomic E-state index is 0.0300. The first-order valence-corrected chi connectivity index (χ1v) is 10.1. The maximum Gasteiger partial charge on any atom is 0.240 e. The summed E-state index contributed by atoms with van der Waals surface area (Å²) >= 11 is 0. The summed E-state index contributed by atoms with van der Waals surface area (Å²) in [5.41, 5.74) is 6.75. The molecule has 0 radical (unpaired) electrons. The van der Waals surface area contributed by atoms with Crippen molar-refractivity contribution in [3.8, 4) is 0 Å². The molecule has 4 rings (SSSR count). The molecule has 150 valence electrons. The van der Waals surface area contributed by atoms with Gasteiger partial charge in [0.25, 0.3) is 0 Å². The van der Waals surface area contributed by atoms with E-state index in [-0.39, 0.29) is 17.7 Å². The van der Waals surface area contributed by atoms with Crippen molar-refractivity contribution < 1.29 is 9.59 Å². The summed E-state index contributed by atoms with van der Waals surface area (Å²) in [5.74, 6) is 0.281. The molecule has 2 amide bonds. The molecule has 29 heavy (non-hydrogen) atoms. The summed E-state index contributed by atoms with van der Waals surface area (Å²) in [4.78, 5) is 28.3. The molecule has 6 heteroatoms.